The van der Waals surface area contributed by atoms with Gasteiger partial charge in [-0.25, -0.2) is 4.79 Å². The molecular formula is C43H53N5O9S. The van der Waals surface area contributed by atoms with E-state index in [9.17, 15) is 33.9 Å². The van der Waals surface area contributed by atoms with Gasteiger partial charge in [-0.15, -0.1) is 5.06 Å². The molecule has 0 aliphatic carbocycles. The van der Waals surface area contributed by atoms with E-state index in [1.54, 1.807) is 60.3 Å². The van der Waals surface area contributed by atoms with Crippen molar-refractivity contribution in [3.8, 4) is 5.75 Å². The fraction of sp³-hybridized carbons (Fsp3) is 0.442. The van der Waals surface area contributed by atoms with Crippen molar-refractivity contribution in [2.75, 3.05) is 25.4 Å². The highest BCUT2D eigenvalue weighted by molar-refractivity contribution is 8.00. The lowest BCUT2D eigenvalue weighted by atomic mass is 9.80. The maximum atomic E-state index is 12.7. The first-order valence-electron chi connectivity index (χ1n) is 19.9. The number of rotatable bonds is 23. The van der Waals surface area contributed by atoms with E-state index in [-0.39, 0.29) is 42.3 Å². The number of benzene rings is 3. The average molecular weight is 816 g/mol. The van der Waals surface area contributed by atoms with Crippen LogP contribution in [-0.2, 0) is 34.4 Å². The van der Waals surface area contributed by atoms with Crippen molar-refractivity contribution in [1.29, 1.82) is 0 Å². The predicted octanol–water partition coefficient (Wildman–Crippen LogP) is 3.87. The van der Waals surface area contributed by atoms with Crippen LogP contribution in [0.1, 0.15) is 97.7 Å². The number of thioether (sulfide) groups is 1. The van der Waals surface area contributed by atoms with Crippen LogP contribution in [0.15, 0.2) is 78.9 Å². The summed E-state index contributed by atoms with van der Waals surface area (Å²) >= 11 is 1.78. The Morgan fingerprint density at radius 1 is 0.810 bits per heavy atom. The zero-order valence-electron chi connectivity index (χ0n) is 32.6. The summed E-state index contributed by atoms with van der Waals surface area (Å²) in [6, 6.07) is 22.2. The Kier molecular flexibility index (Phi) is 16.7. The molecule has 4 unspecified atom stereocenters. The van der Waals surface area contributed by atoms with Crippen molar-refractivity contribution in [1.82, 2.24) is 21.0 Å². The van der Waals surface area contributed by atoms with E-state index < -0.39 is 23.4 Å². The molecule has 3 aromatic rings. The van der Waals surface area contributed by atoms with Crippen LogP contribution >= 0.6 is 11.8 Å². The van der Waals surface area contributed by atoms with Gasteiger partial charge >= 0.3 is 5.97 Å². The second-order valence-corrected chi connectivity index (χ2v) is 15.7. The molecule has 2 heterocycles. The number of carbonyl (C=O) groups is 6. The highest BCUT2D eigenvalue weighted by atomic mass is 32.2. The maximum absolute atomic E-state index is 12.7. The fourth-order valence-electron chi connectivity index (χ4n) is 6.98. The smallest absolute Gasteiger partial charge is 0.363 e. The number of imide groups is 1. The summed E-state index contributed by atoms with van der Waals surface area (Å²) in [5.74, 6) is -0.656. The van der Waals surface area contributed by atoms with Crippen LogP contribution in [0.4, 0.5) is 0 Å². The molecule has 0 saturated carbocycles. The van der Waals surface area contributed by atoms with Crippen LogP contribution in [-0.4, -0.2) is 89.0 Å². The van der Waals surface area contributed by atoms with Gasteiger partial charge in [0, 0.05) is 55.8 Å². The number of nitrogens with zero attached hydrogens (tertiary/aromatic N) is 1. The zero-order valence-corrected chi connectivity index (χ0v) is 33.4. The van der Waals surface area contributed by atoms with E-state index in [4.69, 9.17) is 15.3 Å². The number of nitrogens with one attached hydrogen (secondary N) is 3. The zero-order chi connectivity index (χ0) is 41.3. The Hall–Kier alpha value is -5.25. The highest BCUT2D eigenvalue weighted by Crippen LogP contribution is 2.38. The van der Waals surface area contributed by atoms with Gasteiger partial charge < -0.3 is 36.4 Å². The molecular weight excluding hydrogens is 763 g/mol. The minimum atomic E-state index is -1.63. The molecule has 6 N–H and O–H groups in total. The first-order chi connectivity index (χ1) is 28.1. The van der Waals surface area contributed by atoms with E-state index >= 15 is 0 Å². The molecule has 5 amide bonds. The minimum absolute atomic E-state index is 0.00861. The summed E-state index contributed by atoms with van der Waals surface area (Å²) in [7, 11) is 0. The second kappa shape index (κ2) is 22.0. The van der Waals surface area contributed by atoms with Gasteiger partial charge in [-0.3, -0.25) is 24.0 Å². The SMILES string of the molecule is NC1C(NC=O)CSC1CCCCC(=O)NCCCCCC(=O)NCCCOc1cccc(C(O)(c2ccccc2)c2ccc(C(=O)ON3C(=O)CCC3=O)cc2)c1. The van der Waals surface area contributed by atoms with E-state index in [1.807, 2.05) is 18.2 Å². The second-order valence-electron chi connectivity index (χ2n) is 14.4. The molecule has 310 valence electrons. The van der Waals surface area contributed by atoms with Gasteiger partial charge in [-0.05, 0) is 73.1 Å². The normalized spacial score (nSPS) is 18.7. The summed E-state index contributed by atoms with van der Waals surface area (Å²) in [4.78, 5) is 76.8. The molecule has 2 aliphatic rings. The Labute approximate surface area is 342 Å². The third-order valence-corrected chi connectivity index (χ3v) is 11.8. The van der Waals surface area contributed by atoms with Crippen molar-refractivity contribution in [3.63, 3.8) is 0 Å². The number of hydrogen-bond donors (Lipinski definition) is 5. The van der Waals surface area contributed by atoms with Crippen LogP contribution in [0.2, 0.25) is 0 Å². The van der Waals surface area contributed by atoms with Gasteiger partial charge in [0.1, 0.15) is 11.4 Å². The van der Waals surface area contributed by atoms with Crippen molar-refractivity contribution < 1.29 is 43.4 Å². The summed E-state index contributed by atoms with van der Waals surface area (Å²) < 4.78 is 6.00. The van der Waals surface area contributed by atoms with Gasteiger partial charge in [-0.1, -0.05) is 67.4 Å². The predicted molar refractivity (Wildman–Crippen MR) is 218 cm³/mol. The van der Waals surface area contributed by atoms with Crippen LogP contribution < -0.4 is 26.4 Å². The van der Waals surface area contributed by atoms with Gasteiger partial charge in [-0.2, -0.15) is 11.8 Å². The van der Waals surface area contributed by atoms with E-state index in [0.29, 0.717) is 78.1 Å². The molecule has 3 aromatic carbocycles. The Morgan fingerprint density at radius 3 is 2.14 bits per heavy atom. The van der Waals surface area contributed by atoms with Crippen molar-refractivity contribution >= 4 is 47.8 Å². The third kappa shape index (κ3) is 12.1. The first kappa shape index (κ1) is 43.9. The Balaban J connectivity index is 0.986. The number of nitrogens with two attached hydrogens (primary N) is 1. The van der Waals surface area contributed by atoms with E-state index in [2.05, 4.69) is 16.0 Å². The number of unbranched alkanes of at least 4 members (excludes halogenated alkanes) is 3. The lowest BCUT2D eigenvalue weighted by Crippen LogP contribution is -2.46. The molecule has 58 heavy (non-hydrogen) atoms. The monoisotopic (exact) mass is 815 g/mol. The minimum Gasteiger partial charge on any atom is -0.494 e. The molecule has 5 rings (SSSR count). The summed E-state index contributed by atoms with van der Waals surface area (Å²) in [5.41, 5.74) is 6.27. The van der Waals surface area contributed by atoms with Crippen molar-refractivity contribution in [2.45, 2.75) is 93.6 Å². The molecule has 14 nitrogen and oxygen atoms in total. The van der Waals surface area contributed by atoms with Crippen LogP contribution in [0.25, 0.3) is 0 Å². The molecule has 0 aromatic heterocycles. The number of ether oxygens (including phenoxy) is 1. The van der Waals surface area contributed by atoms with Gasteiger partial charge in [0.25, 0.3) is 11.8 Å². The fourth-order valence-corrected chi connectivity index (χ4v) is 8.49. The van der Waals surface area contributed by atoms with Gasteiger partial charge in [0.05, 0.1) is 18.2 Å². The summed E-state index contributed by atoms with van der Waals surface area (Å²) in [5, 5.41) is 21.8. The quantitative estimate of drug-likeness (QED) is 0.0402. The van der Waals surface area contributed by atoms with Crippen LogP contribution in [0.5, 0.6) is 5.75 Å². The summed E-state index contributed by atoms with van der Waals surface area (Å²) in [6.07, 6.45) is 7.13. The Morgan fingerprint density at radius 2 is 1.45 bits per heavy atom. The summed E-state index contributed by atoms with van der Waals surface area (Å²) in [6.45, 7) is 1.36. The molecule has 0 spiro atoms. The lowest BCUT2D eigenvalue weighted by Gasteiger charge is -2.30. The van der Waals surface area contributed by atoms with E-state index in [0.717, 1.165) is 44.3 Å². The van der Waals surface area contributed by atoms with Crippen LogP contribution in [0, 0.1) is 0 Å². The standard InChI is InChI=1S/C43H53N5O9S/c44-41-35(47-29-49)28-58-36(41)15-6-7-17-38(51)45-24-8-2-5-16-37(50)46-25-10-26-56-34-14-9-13-33(27-34)43(55,31-11-3-1-4-12-31)32-20-18-30(19-21-32)42(54)57-48-39(52)22-23-40(48)53/h1,3-4,9,11-14,18-21,27,29,35-36,41,55H,2,5-8,10,15-17,22-26,28,44H2,(H,45,51)(H,46,50)(H,47,49). The number of carbonyl (C=O) groups excluding carboxylic acids is 6. The molecule has 2 fully saturated rings. The largest absolute Gasteiger partial charge is 0.494 e. The number of hydroxylamine groups is 2. The van der Waals surface area contributed by atoms with Gasteiger partial charge in [0.15, 0.2) is 0 Å². The molecule has 2 aliphatic heterocycles. The molecule has 4 atom stereocenters. The van der Waals surface area contributed by atoms with Crippen LogP contribution in [0.3, 0.4) is 0 Å². The van der Waals surface area contributed by atoms with Gasteiger partial charge in [0.2, 0.25) is 18.2 Å². The van der Waals surface area contributed by atoms with Crippen molar-refractivity contribution in [3.05, 3.63) is 101 Å². The topological polar surface area (TPSA) is 206 Å². The van der Waals surface area contributed by atoms with Crippen molar-refractivity contribution in [2.24, 2.45) is 5.73 Å². The van der Waals surface area contributed by atoms with E-state index in [1.165, 1.54) is 12.1 Å². The Bertz CT molecular complexity index is 1850. The molecule has 0 bridgehead atoms. The third-order valence-electron chi connectivity index (χ3n) is 10.3. The lowest BCUT2D eigenvalue weighted by molar-refractivity contribution is -0.172. The number of hydrogen-bond acceptors (Lipinski definition) is 11. The molecule has 2 saturated heterocycles. The number of aliphatic hydroxyl groups is 1. The maximum Gasteiger partial charge on any atom is 0.363 e. The number of amides is 5. The molecule has 0 radical (unpaired) electrons. The average Bonchev–Trinajstić information content (AvgIpc) is 3.75. The highest BCUT2D eigenvalue weighted by Gasteiger charge is 2.36. The molecule has 15 heteroatoms. The first-order valence-corrected chi connectivity index (χ1v) is 20.9.